The maximum Gasteiger partial charge on any atom is 0.312 e. The number of anilines is 1. The van der Waals surface area contributed by atoms with E-state index in [0.717, 1.165) is 12.0 Å². The number of ether oxygens (including phenoxy) is 1. The Kier molecular flexibility index (Phi) is 6.88. The number of nitrogens with zero attached hydrogens (tertiary/aromatic N) is 1. The van der Waals surface area contributed by atoms with Crippen molar-refractivity contribution in [2.75, 3.05) is 18.4 Å². The lowest BCUT2D eigenvalue weighted by Crippen LogP contribution is -2.33. The van der Waals surface area contributed by atoms with Crippen LogP contribution in [-0.2, 0) is 25.5 Å². The van der Waals surface area contributed by atoms with E-state index >= 15 is 0 Å². The number of nitrogens with one attached hydrogen (secondary N) is 1. The third kappa shape index (κ3) is 5.81. The van der Waals surface area contributed by atoms with E-state index in [9.17, 15) is 14.4 Å². The Labute approximate surface area is 174 Å². The summed E-state index contributed by atoms with van der Waals surface area (Å²) < 4.78 is 5.30. The molecule has 0 unspecified atom stereocenters. The van der Waals surface area contributed by atoms with Crippen LogP contribution in [0.2, 0.25) is 5.02 Å². The van der Waals surface area contributed by atoms with Crippen molar-refractivity contribution in [3.8, 4) is 0 Å². The number of hydrogen-bond acceptors (Lipinski definition) is 4. The van der Waals surface area contributed by atoms with Crippen LogP contribution in [0.15, 0.2) is 54.6 Å². The summed E-state index contributed by atoms with van der Waals surface area (Å²) >= 11 is 5.82. The molecule has 0 bridgehead atoms. The standard InChI is InChI=1S/C22H23ClN2O4/c1-15(21(27)24-19-9-7-18(23)8-10-19)29-22(28)17-13-20(26)25(14-17)12-11-16-5-3-2-4-6-16/h2-10,15,17H,11-14H2,1H3,(H,24,27)/t15-,17-/m0/s1. The van der Waals surface area contributed by atoms with Crippen LogP contribution in [-0.4, -0.2) is 41.9 Å². The molecule has 0 spiro atoms. The zero-order valence-corrected chi connectivity index (χ0v) is 16.9. The summed E-state index contributed by atoms with van der Waals surface area (Å²) in [6, 6.07) is 16.5. The number of likely N-dealkylation sites (tertiary alicyclic amines) is 1. The van der Waals surface area contributed by atoms with Gasteiger partial charge in [-0.25, -0.2) is 0 Å². The predicted octanol–water partition coefficient (Wildman–Crippen LogP) is 3.30. The number of carbonyl (C=O) groups is 3. The Morgan fingerprint density at radius 2 is 1.86 bits per heavy atom. The smallest absolute Gasteiger partial charge is 0.312 e. The van der Waals surface area contributed by atoms with E-state index < -0.39 is 23.9 Å². The van der Waals surface area contributed by atoms with Crippen LogP contribution in [0.1, 0.15) is 18.9 Å². The largest absolute Gasteiger partial charge is 0.452 e. The van der Waals surface area contributed by atoms with E-state index in [0.29, 0.717) is 23.8 Å². The molecular formula is C22H23ClN2O4. The molecule has 1 aliphatic heterocycles. The van der Waals surface area contributed by atoms with Crippen LogP contribution in [0.3, 0.4) is 0 Å². The van der Waals surface area contributed by atoms with Gasteiger partial charge in [0.15, 0.2) is 6.10 Å². The monoisotopic (exact) mass is 414 g/mol. The highest BCUT2D eigenvalue weighted by molar-refractivity contribution is 6.30. The minimum Gasteiger partial charge on any atom is -0.452 e. The molecule has 1 fully saturated rings. The van der Waals surface area contributed by atoms with Crippen molar-refractivity contribution in [3.05, 3.63) is 65.2 Å². The summed E-state index contributed by atoms with van der Waals surface area (Å²) in [6.45, 7) is 2.38. The molecule has 1 aliphatic rings. The first-order chi connectivity index (χ1) is 13.9. The molecule has 2 atom stereocenters. The van der Waals surface area contributed by atoms with Gasteiger partial charge in [0.25, 0.3) is 5.91 Å². The SMILES string of the molecule is C[C@H](OC(=O)[C@H]1CC(=O)N(CCc2ccccc2)C1)C(=O)Nc1ccc(Cl)cc1. The normalized spacial score (nSPS) is 17.1. The van der Waals surface area contributed by atoms with Crippen LogP contribution >= 0.6 is 11.6 Å². The average molecular weight is 415 g/mol. The van der Waals surface area contributed by atoms with Crippen molar-refractivity contribution in [2.45, 2.75) is 25.9 Å². The van der Waals surface area contributed by atoms with Crippen molar-refractivity contribution in [1.82, 2.24) is 4.90 Å². The number of benzene rings is 2. The van der Waals surface area contributed by atoms with E-state index in [-0.39, 0.29) is 12.3 Å². The lowest BCUT2D eigenvalue weighted by molar-refractivity contribution is -0.157. The Morgan fingerprint density at radius 3 is 2.55 bits per heavy atom. The molecular weight excluding hydrogens is 392 g/mol. The fourth-order valence-corrected chi connectivity index (χ4v) is 3.28. The van der Waals surface area contributed by atoms with Gasteiger partial charge in [-0.05, 0) is 43.2 Å². The van der Waals surface area contributed by atoms with E-state index in [1.807, 2.05) is 30.3 Å². The Balaban J connectivity index is 1.47. The number of halogens is 1. The Bertz CT molecular complexity index is 870. The number of amides is 2. The van der Waals surface area contributed by atoms with Crippen molar-refractivity contribution in [1.29, 1.82) is 0 Å². The summed E-state index contributed by atoms with van der Waals surface area (Å²) in [5.74, 6) is -1.59. The fraction of sp³-hybridized carbons (Fsp3) is 0.318. The third-order valence-corrected chi connectivity index (χ3v) is 5.09. The van der Waals surface area contributed by atoms with Gasteiger partial charge in [0.1, 0.15) is 0 Å². The van der Waals surface area contributed by atoms with Crippen LogP contribution in [0, 0.1) is 5.92 Å². The van der Waals surface area contributed by atoms with Gasteiger partial charge in [-0.3, -0.25) is 14.4 Å². The van der Waals surface area contributed by atoms with Crippen LogP contribution in [0.25, 0.3) is 0 Å². The molecule has 0 saturated carbocycles. The highest BCUT2D eigenvalue weighted by atomic mass is 35.5. The predicted molar refractivity (Wildman–Crippen MR) is 110 cm³/mol. The molecule has 0 aromatic heterocycles. The second kappa shape index (κ2) is 9.56. The van der Waals surface area contributed by atoms with Gasteiger partial charge in [0, 0.05) is 30.2 Å². The van der Waals surface area contributed by atoms with Crippen molar-refractivity contribution in [2.24, 2.45) is 5.92 Å². The third-order valence-electron chi connectivity index (χ3n) is 4.83. The first-order valence-corrected chi connectivity index (χ1v) is 9.89. The first kappa shape index (κ1) is 20.9. The van der Waals surface area contributed by atoms with E-state index in [4.69, 9.17) is 16.3 Å². The molecule has 2 aromatic carbocycles. The van der Waals surface area contributed by atoms with E-state index in [1.54, 1.807) is 29.2 Å². The summed E-state index contributed by atoms with van der Waals surface area (Å²) in [5, 5.41) is 3.23. The minimum atomic E-state index is -0.966. The number of carbonyl (C=O) groups excluding carboxylic acids is 3. The molecule has 152 valence electrons. The number of hydrogen-bond donors (Lipinski definition) is 1. The molecule has 0 radical (unpaired) electrons. The average Bonchev–Trinajstić information content (AvgIpc) is 3.09. The lowest BCUT2D eigenvalue weighted by Gasteiger charge is -2.18. The van der Waals surface area contributed by atoms with Gasteiger partial charge in [0.05, 0.1) is 5.92 Å². The summed E-state index contributed by atoms with van der Waals surface area (Å²) in [5.41, 5.74) is 1.70. The molecule has 1 N–H and O–H groups in total. The fourth-order valence-electron chi connectivity index (χ4n) is 3.16. The maximum atomic E-state index is 12.4. The van der Waals surface area contributed by atoms with Gasteiger partial charge in [-0.15, -0.1) is 0 Å². The second-order valence-corrected chi connectivity index (χ2v) is 7.49. The molecule has 2 amide bonds. The van der Waals surface area contributed by atoms with E-state index in [2.05, 4.69) is 5.32 Å². The van der Waals surface area contributed by atoms with E-state index in [1.165, 1.54) is 6.92 Å². The Hall–Kier alpha value is -2.86. The minimum absolute atomic E-state index is 0.0684. The quantitative estimate of drug-likeness (QED) is 0.705. The summed E-state index contributed by atoms with van der Waals surface area (Å²) in [6.07, 6.45) is -0.125. The molecule has 7 heteroatoms. The molecule has 29 heavy (non-hydrogen) atoms. The van der Waals surface area contributed by atoms with Crippen molar-refractivity contribution in [3.63, 3.8) is 0 Å². The van der Waals surface area contributed by atoms with Crippen LogP contribution < -0.4 is 5.32 Å². The highest BCUT2D eigenvalue weighted by Crippen LogP contribution is 2.21. The van der Waals surface area contributed by atoms with Gasteiger partial charge in [-0.2, -0.15) is 0 Å². The van der Waals surface area contributed by atoms with Crippen molar-refractivity contribution < 1.29 is 19.1 Å². The molecule has 2 aromatic rings. The molecule has 6 nitrogen and oxygen atoms in total. The molecule has 3 rings (SSSR count). The number of esters is 1. The van der Waals surface area contributed by atoms with Gasteiger partial charge < -0.3 is 15.0 Å². The topological polar surface area (TPSA) is 75.7 Å². The first-order valence-electron chi connectivity index (χ1n) is 9.51. The lowest BCUT2D eigenvalue weighted by atomic mass is 10.1. The zero-order chi connectivity index (χ0) is 20.8. The number of rotatable bonds is 7. The maximum absolute atomic E-state index is 12.4. The van der Waals surface area contributed by atoms with Gasteiger partial charge >= 0.3 is 5.97 Å². The van der Waals surface area contributed by atoms with Crippen LogP contribution in [0.4, 0.5) is 5.69 Å². The highest BCUT2D eigenvalue weighted by Gasteiger charge is 2.36. The second-order valence-electron chi connectivity index (χ2n) is 7.05. The van der Waals surface area contributed by atoms with Gasteiger partial charge in [-0.1, -0.05) is 41.9 Å². The zero-order valence-electron chi connectivity index (χ0n) is 16.1. The van der Waals surface area contributed by atoms with Crippen molar-refractivity contribution >= 4 is 35.1 Å². The summed E-state index contributed by atoms with van der Waals surface area (Å²) in [4.78, 5) is 38.6. The van der Waals surface area contributed by atoms with Crippen LogP contribution in [0.5, 0.6) is 0 Å². The molecule has 0 aliphatic carbocycles. The Morgan fingerprint density at radius 1 is 1.17 bits per heavy atom. The van der Waals surface area contributed by atoms with Gasteiger partial charge in [0.2, 0.25) is 5.91 Å². The molecule has 1 saturated heterocycles. The summed E-state index contributed by atoms with van der Waals surface area (Å²) in [7, 11) is 0. The molecule has 1 heterocycles.